The zero-order valence-electron chi connectivity index (χ0n) is 21.5. The first-order chi connectivity index (χ1) is 18.3. The van der Waals surface area contributed by atoms with Crippen LogP contribution in [0.25, 0.3) is 0 Å². The fourth-order valence-corrected chi connectivity index (χ4v) is 7.41. The van der Waals surface area contributed by atoms with Crippen LogP contribution in [0, 0.1) is 11.8 Å². The van der Waals surface area contributed by atoms with Crippen molar-refractivity contribution in [2.45, 2.75) is 67.9 Å². The van der Waals surface area contributed by atoms with Gasteiger partial charge in [0.1, 0.15) is 11.6 Å². The highest BCUT2D eigenvalue weighted by Gasteiger charge is 2.77. The summed E-state index contributed by atoms with van der Waals surface area (Å²) in [5.41, 5.74) is 0.734. The molecule has 2 bridgehead atoms. The van der Waals surface area contributed by atoms with E-state index in [1.54, 1.807) is 0 Å². The van der Waals surface area contributed by atoms with E-state index in [1.807, 2.05) is 74.5 Å². The summed E-state index contributed by atoms with van der Waals surface area (Å²) in [6.45, 7) is 3.74. The van der Waals surface area contributed by atoms with E-state index in [1.165, 1.54) is 4.90 Å². The minimum absolute atomic E-state index is 0.153. The number of alkyl halides is 1. The van der Waals surface area contributed by atoms with E-state index in [0.717, 1.165) is 11.1 Å². The van der Waals surface area contributed by atoms with Crippen LogP contribution in [0.1, 0.15) is 31.4 Å². The Morgan fingerprint density at radius 2 is 1.71 bits per heavy atom. The summed E-state index contributed by atoms with van der Waals surface area (Å²) >= 11 is 3.69. The highest BCUT2D eigenvalue weighted by molar-refractivity contribution is 9.09. The third kappa shape index (κ3) is 4.65. The number of carbonyl (C=O) groups is 3. The number of nitrogens with zero attached hydrogens (tertiary/aromatic N) is 1. The van der Waals surface area contributed by atoms with Gasteiger partial charge in [0, 0.05) is 17.4 Å². The van der Waals surface area contributed by atoms with Gasteiger partial charge in [-0.2, -0.15) is 0 Å². The fraction of sp³-hybridized carbons (Fsp3) is 0.483. The molecule has 5 rings (SSSR count). The molecule has 9 heteroatoms. The van der Waals surface area contributed by atoms with Crippen molar-refractivity contribution in [3.63, 3.8) is 0 Å². The topological polar surface area (TPSA) is 108 Å². The zero-order valence-corrected chi connectivity index (χ0v) is 23.1. The van der Waals surface area contributed by atoms with Crippen LogP contribution in [0.15, 0.2) is 60.7 Å². The van der Waals surface area contributed by atoms with E-state index in [9.17, 15) is 19.5 Å². The largest absolute Gasteiger partial charge is 0.394 e. The van der Waals surface area contributed by atoms with Crippen LogP contribution in [0.5, 0.6) is 0 Å². The molecule has 0 aromatic heterocycles. The summed E-state index contributed by atoms with van der Waals surface area (Å²) in [6, 6.07) is 17.4. The van der Waals surface area contributed by atoms with Gasteiger partial charge in [0.15, 0.2) is 0 Å². The normalized spacial score (nSPS) is 30.4. The minimum Gasteiger partial charge on any atom is -0.394 e. The minimum atomic E-state index is -1.16. The quantitative estimate of drug-likeness (QED) is 0.392. The smallest absolute Gasteiger partial charge is 0.246 e. The Balaban J connectivity index is 1.49. The van der Waals surface area contributed by atoms with Gasteiger partial charge in [-0.3, -0.25) is 14.4 Å². The first-order valence-corrected chi connectivity index (χ1v) is 14.1. The lowest BCUT2D eigenvalue weighted by Crippen LogP contribution is -2.59. The van der Waals surface area contributed by atoms with Crippen LogP contribution in [0.3, 0.4) is 0 Å². The summed E-state index contributed by atoms with van der Waals surface area (Å²) in [5, 5.41) is 16.4. The summed E-state index contributed by atoms with van der Waals surface area (Å²) in [6.07, 6.45) is 0.272. The van der Waals surface area contributed by atoms with Gasteiger partial charge in [-0.15, -0.1) is 0 Å². The van der Waals surface area contributed by atoms with Crippen molar-refractivity contribution in [1.82, 2.24) is 15.5 Å². The number of ether oxygens (including phenoxy) is 1. The van der Waals surface area contributed by atoms with E-state index in [4.69, 9.17) is 4.74 Å². The van der Waals surface area contributed by atoms with Crippen LogP contribution in [-0.2, 0) is 32.1 Å². The fourth-order valence-electron chi connectivity index (χ4n) is 6.46. The molecular formula is C29H34BrN3O5. The number of fused-ring (bicyclic) bond motifs is 1. The van der Waals surface area contributed by atoms with Crippen LogP contribution in [0.2, 0.25) is 0 Å². The number of halogens is 1. The molecule has 0 saturated carbocycles. The summed E-state index contributed by atoms with van der Waals surface area (Å²) in [4.78, 5) is 42.9. The molecule has 2 aromatic carbocycles. The number of aliphatic hydroxyl groups excluding tert-OH is 1. The lowest BCUT2D eigenvalue weighted by atomic mass is 9.70. The maximum atomic E-state index is 14.2. The lowest BCUT2D eigenvalue weighted by molar-refractivity contribution is -0.145. The molecule has 3 fully saturated rings. The van der Waals surface area contributed by atoms with E-state index in [-0.39, 0.29) is 35.2 Å². The standard InChI is InChI=1S/C29H34BrN3O5/c1-17(2)32-27(36)25-29-14-21(30)24(38-29)22(26(35)31-15-19-11-7-4-8-12-19)23(29)28(37)33(25)20(16-34)13-18-9-5-3-6-10-18/h3-12,17,20-25,34H,13-16H2,1-2H3,(H,31,35)(H,32,36)/t20-,21?,22+,23+,24+,25?,29?/m1/s1. The number of rotatable bonds is 9. The molecule has 3 aliphatic heterocycles. The van der Waals surface area contributed by atoms with Gasteiger partial charge in [-0.25, -0.2) is 0 Å². The van der Waals surface area contributed by atoms with E-state index < -0.39 is 35.6 Å². The molecule has 38 heavy (non-hydrogen) atoms. The van der Waals surface area contributed by atoms with Gasteiger partial charge in [-0.05, 0) is 37.8 Å². The lowest BCUT2D eigenvalue weighted by Gasteiger charge is -2.37. The van der Waals surface area contributed by atoms with Gasteiger partial charge in [0.2, 0.25) is 17.7 Å². The average Bonchev–Trinajstić information content (AvgIpc) is 3.50. The number of hydrogen-bond donors (Lipinski definition) is 3. The second-order valence-electron chi connectivity index (χ2n) is 10.8. The van der Waals surface area contributed by atoms with Gasteiger partial charge in [-0.1, -0.05) is 76.6 Å². The molecular weight excluding hydrogens is 550 g/mol. The molecule has 3 saturated heterocycles. The summed E-state index contributed by atoms with van der Waals surface area (Å²) in [5.74, 6) is -2.47. The van der Waals surface area contributed by atoms with E-state index in [0.29, 0.717) is 19.4 Å². The Kier molecular flexibility index (Phi) is 7.62. The molecule has 3 heterocycles. The summed E-state index contributed by atoms with van der Waals surface area (Å²) in [7, 11) is 0. The highest BCUT2D eigenvalue weighted by Crippen LogP contribution is 2.60. The monoisotopic (exact) mass is 583 g/mol. The van der Waals surface area contributed by atoms with Crippen molar-refractivity contribution >= 4 is 33.7 Å². The van der Waals surface area contributed by atoms with Gasteiger partial charge < -0.3 is 25.4 Å². The van der Waals surface area contributed by atoms with E-state index >= 15 is 0 Å². The maximum absolute atomic E-state index is 14.2. The maximum Gasteiger partial charge on any atom is 0.246 e. The summed E-state index contributed by atoms with van der Waals surface area (Å²) < 4.78 is 6.53. The second-order valence-corrected chi connectivity index (χ2v) is 12.0. The van der Waals surface area contributed by atoms with Gasteiger partial charge in [0.05, 0.1) is 30.6 Å². The number of likely N-dealkylation sites (tertiary alicyclic amines) is 1. The Hall–Kier alpha value is -2.75. The molecule has 1 spiro atoms. The second kappa shape index (κ2) is 10.8. The highest BCUT2D eigenvalue weighted by atomic mass is 79.9. The molecule has 202 valence electrons. The Morgan fingerprint density at radius 1 is 1.08 bits per heavy atom. The average molecular weight is 585 g/mol. The van der Waals surface area contributed by atoms with Gasteiger partial charge in [0.25, 0.3) is 0 Å². The van der Waals surface area contributed by atoms with E-state index in [2.05, 4.69) is 26.6 Å². The molecule has 3 N–H and O–H groups in total. The Labute approximate surface area is 231 Å². The SMILES string of the molecule is CC(C)NC(=O)C1N([C@@H](CO)Cc2ccccc2)C(=O)[C@@H]2[C@H](C(=O)NCc3ccccc3)[C@H]3OC12CC3Br. The Bertz CT molecular complexity index is 1180. The van der Waals surface area contributed by atoms with Crippen LogP contribution in [-0.4, -0.2) is 69.0 Å². The number of benzene rings is 2. The van der Waals surface area contributed by atoms with Crippen molar-refractivity contribution in [2.75, 3.05) is 6.61 Å². The number of hydrogen-bond acceptors (Lipinski definition) is 5. The molecule has 3 unspecified atom stereocenters. The van der Waals surface area contributed by atoms with Crippen molar-refractivity contribution in [3.8, 4) is 0 Å². The van der Waals surface area contributed by atoms with Crippen molar-refractivity contribution in [1.29, 1.82) is 0 Å². The first kappa shape index (κ1) is 26.8. The number of carbonyl (C=O) groups excluding carboxylic acids is 3. The molecule has 0 aliphatic carbocycles. The van der Waals surface area contributed by atoms with Crippen LogP contribution < -0.4 is 10.6 Å². The molecule has 0 radical (unpaired) electrons. The molecule has 7 atom stereocenters. The Morgan fingerprint density at radius 3 is 2.32 bits per heavy atom. The van der Waals surface area contributed by atoms with Crippen LogP contribution in [0.4, 0.5) is 0 Å². The van der Waals surface area contributed by atoms with Crippen LogP contribution >= 0.6 is 15.9 Å². The molecule has 2 aromatic rings. The molecule has 3 aliphatic rings. The molecule has 8 nitrogen and oxygen atoms in total. The first-order valence-electron chi connectivity index (χ1n) is 13.2. The van der Waals surface area contributed by atoms with Crippen molar-refractivity contribution in [3.05, 3.63) is 71.8 Å². The van der Waals surface area contributed by atoms with Gasteiger partial charge >= 0.3 is 0 Å². The third-order valence-electron chi connectivity index (χ3n) is 7.94. The predicted molar refractivity (Wildman–Crippen MR) is 145 cm³/mol. The predicted octanol–water partition coefficient (Wildman–Crippen LogP) is 2.18. The zero-order chi connectivity index (χ0) is 27.0. The third-order valence-corrected chi connectivity index (χ3v) is 8.78. The number of aliphatic hydroxyl groups is 1. The number of amides is 3. The van der Waals surface area contributed by atoms with Crippen molar-refractivity contribution in [2.24, 2.45) is 11.8 Å². The molecule has 3 amide bonds. The van der Waals surface area contributed by atoms with Crippen molar-refractivity contribution < 1.29 is 24.2 Å². The number of nitrogens with one attached hydrogen (secondary N) is 2.